The Labute approximate surface area is 168 Å². The maximum absolute atomic E-state index is 12.5. The highest BCUT2D eigenvalue weighted by atomic mass is 16.5. The summed E-state index contributed by atoms with van der Waals surface area (Å²) in [6.45, 7) is 9.32. The van der Waals surface area contributed by atoms with E-state index in [4.69, 9.17) is 4.74 Å². The monoisotopic (exact) mass is 387 g/mol. The van der Waals surface area contributed by atoms with E-state index in [0.29, 0.717) is 19.7 Å². The van der Waals surface area contributed by atoms with E-state index in [1.165, 1.54) is 0 Å². The zero-order valence-electron chi connectivity index (χ0n) is 17.2. The third-order valence-corrected chi connectivity index (χ3v) is 5.80. The molecule has 6 heteroatoms. The van der Waals surface area contributed by atoms with Crippen molar-refractivity contribution < 1.29 is 14.3 Å². The van der Waals surface area contributed by atoms with Crippen LogP contribution in [0.2, 0.25) is 0 Å². The van der Waals surface area contributed by atoms with Crippen molar-refractivity contribution in [3.05, 3.63) is 24.3 Å². The average molecular weight is 388 g/mol. The van der Waals surface area contributed by atoms with Crippen LogP contribution in [0, 0.1) is 11.8 Å². The Bertz CT molecular complexity index is 645. The summed E-state index contributed by atoms with van der Waals surface area (Å²) in [7, 11) is 0. The number of nitrogens with one attached hydrogen (secondary N) is 1. The molecule has 0 radical (unpaired) electrons. The van der Waals surface area contributed by atoms with Crippen molar-refractivity contribution in [3.8, 4) is 5.75 Å². The molecule has 1 aromatic carbocycles. The molecule has 1 saturated heterocycles. The van der Waals surface area contributed by atoms with Crippen molar-refractivity contribution in [3.63, 3.8) is 0 Å². The van der Waals surface area contributed by atoms with Crippen molar-refractivity contribution in [2.24, 2.45) is 11.8 Å². The highest BCUT2D eigenvalue weighted by Crippen LogP contribution is 2.32. The minimum absolute atomic E-state index is 0.0201. The predicted octanol–water partition coefficient (Wildman–Crippen LogP) is 2.99. The summed E-state index contributed by atoms with van der Waals surface area (Å²) in [5, 5.41) is 3.00. The molecule has 2 aliphatic rings. The third kappa shape index (κ3) is 5.71. The summed E-state index contributed by atoms with van der Waals surface area (Å²) >= 11 is 0. The maximum atomic E-state index is 12.5. The largest absolute Gasteiger partial charge is 0.492 e. The molecule has 1 aliphatic heterocycles. The molecular weight excluding hydrogens is 354 g/mol. The lowest BCUT2D eigenvalue weighted by molar-refractivity contribution is -0.135. The zero-order valence-corrected chi connectivity index (χ0v) is 17.2. The molecule has 1 N–H and O–H groups in total. The standard InChI is InChI=1S/C22H33N3O3/c1-3-24(4-2)15-16-28-20-9-7-19(8-10-20)23-21(26)17-11-13-25(14-12-17)22(27)18-5-6-18/h7-10,17-18H,3-6,11-16H2,1-2H3,(H,23,26). The van der Waals surface area contributed by atoms with Crippen LogP contribution in [0.15, 0.2) is 24.3 Å². The number of likely N-dealkylation sites (N-methyl/N-ethyl adjacent to an activating group) is 1. The van der Waals surface area contributed by atoms with Gasteiger partial charge in [0.2, 0.25) is 11.8 Å². The van der Waals surface area contributed by atoms with Crippen molar-refractivity contribution in [1.29, 1.82) is 0 Å². The van der Waals surface area contributed by atoms with Crippen LogP contribution in [0.1, 0.15) is 39.5 Å². The number of benzene rings is 1. The lowest BCUT2D eigenvalue weighted by Gasteiger charge is -2.31. The van der Waals surface area contributed by atoms with Crippen molar-refractivity contribution in [2.45, 2.75) is 39.5 Å². The van der Waals surface area contributed by atoms with E-state index in [0.717, 1.165) is 56.8 Å². The molecule has 1 aromatic rings. The molecule has 154 valence electrons. The fourth-order valence-electron chi connectivity index (χ4n) is 3.66. The molecular formula is C22H33N3O3. The first-order valence-electron chi connectivity index (χ1n) is 10.7. The van der Waals surface area contributed by atoms with Gasteiger partial charge in [-0.2, -0.15) is 0 Å². The molecule has 1 aliphatic carbocycles. The van der Waals surface area contributed by atoms with Gasteiger partial charge in [-0.15, -0.1) is 0 Å². The van der Waals surface area contributed by atoms with Crippen LogP contribution in [0.5, 0.6) is 5.75 Å². The maximum Gasteiger partial charge on any atom is 0.227 e. The van der Waals surface area contributed by atoms with Crippen LogP contribution in [-0.2, 0) is 9.59 Å². The van der Waals surface area contributed by atoms with Crippen LogP contribution < -0.4 is 10.1 Å². The second-order valence-corrected chi connectivity index (χ2v) is 7.76. The van der Waals surface area contributed by atoms with E-state index in [1.54, 1.807) is 0 Å². The smallest absolute Gasteiger partial charge is 0.227 e. The first-order valence-corrected chi connectivity index (χ1v) is 10.7. The van der Waals surface area contributed by atoms with Gasteiger partial charge in [0.25, 0.3) is 0 Å². The number of amides is 2. The molecule has 2 fully saturated rings. The zero-order chi connectivity index (χ0) is 19.9. The number of carbonyl (C=O) groups is 2. The highest BCUT2D eigenvalue weighted by Gasteiger charge is 2.35. The van der Waals surface area contributed by atoms with E-state index in [2.05, 4.69) is 24.1 Å². The number of ether oxygens (including phenoxy) is 1. The fraction of sp³-hybridized carbons (Fsp3) is 0.636. The van der Waals surface area contributed by atoms with Crippen molar-refractivity contribution >= 4 is 17.5 Å². The number of likely N-dealkylation sites (tertiary alicyclic amines) is 1. The number of piperidine rings is 1. The Morgan fingerprint density at radius 1 is 1.04 bits per heavy atom. The molecule has 0 spiro atoms. The van der Waals surface area contributed by atoms with Gasteiger partial charge in [0.05, 0.1) is 0 Å². The lowest BCUT2D eigenvalue weighted by atomic mass is 9.95. The van der Waals surface area contributed by atoms with Gasteiger partial charge in [-0.05, 0) is 63.0 Å². The summed E-state index contributed by atoms with van der Waals surface area (Å²) in [5.41, 5.74) is 0.789. The van der Waals surface area contributed by atoms with E-state index >= 15 is 0 Å². The molecule has 0 bridgehead atoms. The van der Waals surface area contributed by atoms with E-state index in [1.807, 2.05) is 29.2 Å². The summed E-state index contributed by atoms with van der Waals surface area (Å²) < 4.78 is 5.78. The summed E-state index contributed by atoms with van der Waals surface area (Å²) in [6, 6.07) is 7.57. The van der Waals surface area contributed by atoms with Gasteiger partial charge in [0.1, 0.15) is 12.4 Å². The predicted molar refractivity (Wildman–Crippen MR) is 110 cm³/mol. The van der Waals surface area contributed by atoms with Gasteiger partial charge in [0.15, 0.2) is 0 Å². The normalized spacial score (nSPS) is 17.6. The van der Waals surface area contributed by atoms with Gasteiger partial charge >= 0.3 is 0 Å². The minimum atomic E-state index is -0.0201. The Balaban J connectivity index is 1.40. The van der Waals surface area contributed by atoms with Crippen LogP contribution >= 0.6 is 0 Å². The lowest BCUT2D eigenvalue weighted by Crippen LogP contribution is -2.42. The molecule has 2 amide bonds. The van der Waals surface area contributed by atoms with Crippen LogP contribution in [-0.4, -0.2) is 60.9 Å². The quantitative estimate of drug-likeness (QED) is 0.708. The molecule has 6 nitrogen and oxygen atoms in total. The van der Waals surface area contributed by atoms with Gasteiger partial charge < -0.3 is 19.9 Å². The highest BCUT2D eigenvalue weighted by molar-refractivity contribution is 5.92. The number of anilines is 1. The van der Waals surface area contributed by atoms with Crippen LogP contribution in [0.4, 0.5) is 5.69 Å². The molecule has 1 heterocycles. The van der Waals surface area contributed by atoms with Gasteiger partial charge in [-0.25, -0.2) is 0 Å². The van der Waals surface area contributed by atoms with Crippen LogP contribution in [0.25, 0.3) is 0 Å². The molecule has 0 unspecified atom stereocenters. The second-order valence-electron chi connectivity index (χ2n) is 7.76. The first-order chi connectivity index (χ1) is 13.6. The summed E-state index contributed by atoms with van der Waals surface area (Å²) in [6.07, 6.45) is 3.57. The molecule has 0 atom stereocenters. The van der Waals surface area contributed by atoms with E-state index in [9.17, 15) is 9.59 Å². The van der Waals surface area contributed by atoms with E-state index < -0.39 is 0 Å². The third-order valence-electron chi connectivity index (χ3n) is 5.80. The van der Waals surface area contributed by atoms with E-state index in [-0.39, 0.29) is 23.7 Å². The Morgan fingerprint density at radius 2 is 1.68 bits per heavy atom. The van der Waals surface area contributed by atoms with Crippen molar-refractivity contribution in [1.82, 2.24) is 9.80 Å². The fourth-order valence-corrected chi connectivity index (χ4v) is 3.66. The van der Waals surface area contributed by atoms with Crippen LogP contribution in [0.3, 0.4) is 0 Å². The number of carbonyl (C=O) groups excluding carboxylic acids is 2. The minimum Gasteiger partial charge on any atom is -0.492 e. The Hall–Kier alpha value is -2.08. The SMILES string of the molecule is CCN(CC)CCOc1ccc(NC(=O)C2CCN(C(=O)C3CC3)CC2)cc1. The number of hydrogen-bond acceptors (Lipinski definition) is 4. The first kappa shape index (κ1) is 20.6. The Kier molecular flexibility index (Phi) is 7.31. The summed E-state index contributed by atoms with van der Waals surface area (Å²) in [4.78, 5) is 28.9. The molecule has 28 heavy (non-hydrogen) atoms. The molecule has 3 rings (SSSR count). The van der Waals surface area contributed by atoms with Crippen molar-refractivity contribution in [2.75, 3.05) is 44.6 Å². The molecule has 0 aromatic heterocycles. The topological polar surface area (TPSA) is 61.9 Å². The van der Waals surface area contributed by atoms with Gasteiger partial charge in [-0.3, -0.25) is 9.59 Å². The van der Waals surface area contributed by atoms with Gasteiger partial charge in [0, 0.05) is 37.2 Å². The number of hydrogen-bond donors (Lipinski definition) is 1. The number of rotatable bonds is 9. The second kappa shape index (κ2) is 9.92. The average Bonchev–Trinajstić information content (AvgIpc) is 3.57. The van der Waals surface area contributed by atoms with Gasteiger partial charge in [-0.1, -0.05) is 13.8 Å². The summed E-state index contributed by atoms with van der Waals surface area (Å²) in [5.74, 6) is 1.40. The Morgan fingerprint density at radius 3 is 2.25 bits per heavy atom. The molecule has 1 saturated carbocycles. The number of nitrogens with zero attached hydrogens (tertiary/aromatic N) is 2.